The van der Waals surface area contributed by atoms with Gasteiger partial charge in [-0.15, -0.1) is 0 Å². The third-order valence-electron chi connectivity index (χ3n) is 1.34. The minimum Gasteiger partial charge on any atom is -0.0988 e. The van der Waals surface area contributed by atoms with Gasteiger partial charge < -0.3 is 0 Å². The molecule has 0 nitrogen and oxygen atoms in total. The average Bonchev–Trinajstić information content (AvgIpc) is 1.99. The van der Waals surface area contributed by atoms with E-state index in [0.29, 0.717) is 0 Å². The highest BCUT2D eigenvalue weighted by Gasteiger charge is 1.89. The second kappa shape index (κ2) is 4.80. The van der Waals surface area contributed by atoms with Gasteiger partial charge in [-0.2, -0.15) is 0 Å². The maximum absolute atomic E-state index is 3.79. The molecule has 0 aliphatic rings. The summed E-state index contributed by atoms with van der Waals surface area (Å²) < 4.78 is 0. The highest BCUT2D eigenvalue weighted by Crippen LogP contribution is 2.09. The molecule has 0 aliphatic carbocycles. The molecule has 0 atom stereocenters. The Labute approximate surface area is 63.3 Å². The first-order valence-corrected chi connectivity index (χ1v) is 3.31. The number of rotatable bonds is 5. The van der Waals surface area contributed by atoms with Gasteiger partial charge in [0.1, 0.15) is 0 Å². The van der Waals surface area contributed by atoms with E-state index in [9.17, 15) is 0 Å². The van der Waals surface area contributed by atoms with Gasteiger partial charge in [0.05, 0.1) is 0 Å². The van der Waals surface area contributed by atoms with Gasteiger partial charge in [-0.05, 0) is 12.8 Å². The lowest BCUT2D eigenvalue weighted by Gasteiger charge is -1.98. The lowest BCUT2D eigenvalue weighted by atomic mass is 10.1. The van der Waals surface area contributed by atoms with Crippen LogP contribution in [0.2, 0.25) is 0 Å². The molecule has 0 N–H and O–H groups in total. The Hall–Kier alpha value is -1.04. The van der Waals surface area contributed by atoms with Crippen LogP contribution in [0.1, 0.15) is 12.8 Å². The van der Waals surface area contributed by atoms with E-state index in [2.05, 4.69) is 26.3 Å². The van der Waals surface area contributed by atoms with Crippen LogP contribution in [0, 0.1) is 0 Å². The van der Waals surface area contributed by atoms with Crippen LogP contribution in [-0.2, 0) is 0 Å². The number of allylic oxidation sites excluding steroid dienone is 4. The van der Waals surface area contributed by atoms with E-state index in [1.807, 2.05) is 0 Å². The topological polar surface area (TPSA) is 0 Å². The third-order valence-corrected chi connectivity index (χ3v) is 1.34. The first-order chi connectivity index (χ1) is 4.70. The second-order valence-electron chi connectivity index (χ2n) is 2.22. The molecular formula is C10H14. The fraction of sp³-hybridized carbons (Fsp3) is 0.200. The Bertz CT molecular complexity index is 141. The molecule has 54 valence electrons. The van der Waals surface area contributed by atoms with E-state index in [1.54, 1.807) is 12.2 Å². The SMILES string of the molecule is C=CC(=C)CCC(=C)C=C. The molecule has 0 radical (unpaired) electrons. The molecule has 0 unspecified atom stereocenters. The summed E-state index contributed by atoms with van der Waals surface area (Å²) in [5.74, 6) is 0. The van der Waals surface area contributed by atoms with Crippen molar-refractivity contribution in [1.29, 1.82) is 0 Å². The minimum absolute atomic E-state index is 0.939. The van der Waals surface area contributed by atoms with Gasteiger partial charge in [0.15, 0.2) is 0 Å². The lowest BCUT2D eigenvalue weighted by molar-refractivity contribution is 0.980. The van der Waals surface area contributed by atoms with Crippen molar-refractivity contribution in [2.75, 3.05) is 0 Å². The Kier molecular flexibility index (Phi) is 4.30. The molecule has 0 aromatic carbocycles. The monoisotopic (exact) mass is 134 g/mol. The fourth-order valence-electron chi connectivity index (χ4n) is 0.525. The summed E-state index contributed by atoms with van der Waals surface area (Å²) in [7, 11) is 0. The predicted molar refractivity (Wildman–Crippen MR) is 47.9 cm³/mol. The zero-order chi connectivity index (χ0) is 7.98. The van der Waals surface area contributed by atoms with Crippen molar-refractivity contribution in [1.82, 2.24) is 0 Å². The molecule has 0 aromatic heterocycles. The first-order valence-electron chi connectivity index (χ1n) is 3.31. The average molecular weight is 134 g/mol. The normalized spacial score (nSPS) is 8.40. The molecule has 0 amide bonds. The molecule has 0 fully saturated rings. The van der Waals surface area contributed by atoms with Crippen LogP contribution in [0.4, 0.5) is 0 Å². The third kappa shape index (κ3) is 3.90. The predicted octanol–water partition coefficient (Wildman–Crippen LogP) is 3.25. The van der Waals surface area contributed by atoms with E-state index in [0.717, 1.165) is 24.0 Å². The van der Waals surface area contributed by atoms with Crippen LogP contribution in [0.15, 0.2) is 49.6 Å². The first kappa shape index (κ1) is 8.96. The quantitative estimate of drug-likeness (QED) is 0.506. The Morgan fingerprint density at radius 3 is 1.40 bits per heavy atom. The number of hydrogen-bond donors (Lipinski definition) is 0. The van der Waals surface area contributed by atoms with Gasteiger partial charge in [-0.25, -0.2) is 0 Å². The molecule has 10 heavy (non-hydrogen) atoms. The van der Waals surface area contributed by atoms with Crippen molar-refractivity contribution in [3.05, 3.63) is 49.6 Å². The van der Waals surface area contributed by atoms with Crippen molar-refractivity contribution in [3.63, 3.8) is 0 Å². The van der Waals surface area contributed by atoms with Crippen LogP contribution in [0.25, 0.3) is 0 Å². The summed E-state index contributed by atoms with van der Waals surface area (Å²) in [5.41, 5.74) is 2.12. The molecule has 0 rings (SSSR count). The van der Waals surface area contributed by atoms with Crippen molar-refractivity contribution < 1.29 is 0 Å². The standard InChI is InChI=1S/C10H14/c1-5-9(3)7-8-10(4)6-2/h5-6H,1-4,7-8H2. The molecule has 0 bridgehead atoms. The second-order valence-corrected chi connectivity index (χ2v) is 2.22. The van der Waals surface area contributed by atoms with Crippen LogP contribution in [0.5, 0.6) is 0 Å². The largest absolute Gasteiger partial charge is 0.0988 e. The summed E-state index contributed by atoms with van der Waals surface area (Å²) in [6, 6.07) is 0. The van der Waals surface area contributed by atoms with Crippen LogP contribution >= 0.6 is 0 Å². The van der Waals surface area contributed by atoms with E-state index >= 15 is 0 Å². The Morgan fingerprint density at radius 2 is 1.20 bits per heavy atom. The molecule has 0 saturated heterocycles. The molecule has 0 spiro atoms. The van der Waals surface area contributed by atoms with Crippen molar-refractivity contribution in [3.8, 4) is 0 Å². The summed E-state index contributed by atoms with van der Waals surface area (Å²) in [6.45, 7) is 14.8. The zero-order valence-corrected chi connectivity index (χ0v) is 6.40. The highest BCUT2D eigenvalue weighted by molar-refractivity contribution is 5.17. The zero-order valence-electron chi connectivity index (χ0n) is 6.40. The van der Waals surface area contributed by atoms with E-state index in [1.165, 1.54) is 0 Å². The van der Waals surface area contributed by atoms with E-state index < -0.39 is 0 Å². The summed E-state index contributed by atoms with van der Waals surface area (Å²) >= 11 is 0. The van der Waals surface area contributed by atoms with Gasteiger partial charge in [0, 0.05) is 0 Å². The maximum Gasteiger partial charge on any atom is -0.0245 e. The van der Waals surface area contributed by atoms with E-state index in [-0.39, 0.29) is 0 Å². The van der Waals surface area contributed by atoms with Crippen LogP contribution < -0.4 is 0 Å². The Morgan fingerprint density at radius 1 is 0.900 bits per heavy atom. The Balaban J connectivity index is 3.54. The van der Waals surface area contributed by atoms with Gasteiger partial charge in [-0.1, -0.05) is 49.6 Å². The molecule has 0 aromatic rings. The van der Waals surface area contributed by atoms with Gasteiger partial charge >= 0.3 is 0 Å². The smallest absolute Gasteiger partial charge is 0.0245 e. The van der Waals surface area contributed by atoms with Gasteiger partial charge in [0.25, 0.3) is 0 Å². The van der Waals surface area contributed by atoms with Gasteiger partial charge in [-0.3, -0.25) is 0 Å². The highest BCUT2D eigenvalue weighted by atomic mass is 13.9. The molecular weight excluding hydrogens is 120 g/mol. The molecule has 0 heteroatoms. The summed E-state index contributed by atoms with van der Waals surface area (Å²) in [4.78, 5) is 0. The van der Waals surface area contributed by atoms with Gasteiger partial charge in [0.2, 0.25) is 0 Å². The molecule has 0 aliphatic heterocycles. The summed E-state index contributed by atoms with van der Waals surface area (Å²) in [5, 5.41) is 0. The lowest BCUT2D eigenvalue weighted by Crippen LogP contribution is -1.78. The van der Waals surface area contributed by atoms with Crippen LogP contribution in [0.3, 0.4) is 0 Å². The fourth-order valence-corrected chi connectivity index (χ4v) is 0.525. The minimum atomic E-state index is 0.939. The van der Waals surface area contributed by atoms with Crippen molar-refractivity contribution >= 4 is 0 Å². The maximum atomic E-state index is 3.79. The summed E-state index contributed by atoms with van der Waals surface area (Å²) in [6.07, 6.45) is 5.43. The van der Waals surface area contributed by atoms with Crippen LogP contribution in [-0.4, -0.2) is 0 Å². The van der Waals surface area contributed by atoms with Crippen molar-refractivity contribution in [2.45, 2.75) is 12.8 Å². The molecule has 0 heterocycles. The van der Waals surface area contributed by atoms with Crippen molar-refractivity contribution in [2.24, 2.45) is 0 Å². The van der Waals surface area contributed by atoms with E-state index in [4.69, 9.17) is 0 Å². The number of hydrogen-bond acceptors (Lipinski definition) is 0. The molecule has 0 saturated carbocycles.